The molecule has 0 saturated carbocycles. The number of aryl methyl sites for hydroxylation is 1. The molecule has 0 unspecified atom stereocenters. The van der Waals surface area contributed by atoms with Crippen LogP contribution in [0, 0.1) is 29.8 Å². The number of nitrogens with one attached hydrogen (secondary N) is 1. The van der Waals surface area contributed by atoms with Crippen LogP contribution >= 0.6 is 15.9 Å². The Morgan fingerprint density at radius 2 is 1.93 bits per heavy atom. The monoisotopic (exact) mass is 437 g/mol. The van der Waals surface area contributed by atoms with Gasteiger partial charge >= 0.3 is 0 Å². The molecule has 0 fully saturated rings. The maximum atomic E-state index is 13.9. The van der Waals surface area contributed by atoms with Crippen molar-refractivity contribution in [2.24, 2.45) is 0 Å². The number of benzene rings is 2. The summed E-state index contributed by atoms with van der Waals surface area (Å²) in [4.78, 5) is 35.9. The summed E-state index contributed by atoms with van der Waals surface area (Å²) < 4.78 is 14.8. The van der Waals surface area contributed by atoms with Gasteiger partial charge in [-0.05, 0) is 43.7 Å². The van der Waals surface area contributed by atoms with Gasteiger partial charge in [0.1, 0.15) is 5.82 Å². The number of carbonyl (C=O) groups excluding carboxylic acids is 2. The van der Waals surface area contributed by atoms with Crippen LogP contribution in [0.2, 0.25) is 0 Å². The molecule has 0 saturated heterocycles. The highest BCUT2D eigenvalue weighted by atomic mass is 79.9. The van der Waals surface area contributed by atoms with Gasteiger partial charge < -0.3 is 10.2 Å². The molecule has 2 aromatic rings. The van der Waals surface area contributed by atoms with Crippen molar-refractivity contribution in [3.63, 3.8) is 0 Å². The third-order valence-corrected chi connectivity index (χ3v) is 4.44. The van der Waals surface area contributed by atoms with E-state index < -0.39 is 28.2 Å². The molecule has 0 radical (unpaired) electrons. The lowest BCUT2D eigenvalue weighted by Gasteiger charge is -2.18. The normalized spacial score (nSPS) is 10.4. The van der Waals surface area contributed by atoms with E-state index in [1.807, 2.05) is 13.0 Å². The Labute approximate surface area is 163 Å². The average Bonchev–Trinajstić information content (AvgIpc) is 2.58. The maximum Gasteiger partial charge on any atom is 0.276 e. The molecule has 1 N–H and O–H groups in total. The van der Waals surface area contributed by atoms with Gasteiger partial charge in [0.25, 0.3) is 11.6 Å². The molecule has 0 aliphatic heterocycles. The Hall–Kier alpha value is -2.81. The SMILES string of the molecule is Cc1cc(Br)ccc1NC(=O)CN(C)C(=O)c1cc(F)c(C)c([N+](=O)[O-])c1. The van der Waals surface area contributed by atoms with Crippen molar-refractivity contribution >= 4 is 39.1 Å². The van der Waals surface area contributed by atoms with Crippen molar-refractivity contribution in [3.05, 3.63) is 67.4 Å². The average molecular weight is 438 g/mol. The quantitative estimate of drug-likeness (QED) is 0.568. The molecule has 7 nitrogen and oxygen atoms in total. The van der Waals surface area contributed by atoms with E-state index in [0.717, 1.165) is 27.1 Å². The molecule has 0 aliphatic carbocycles. The van der Waals surface area contributed by atoms with Gasteiger partial charge in [0.15, 0.2) is 0 Å². The number of amides is 2. The highest BCUT2D eigenvalue weighted by molar-refractivity contribution is 9.10. The van der Waals surface area contributed by atoms with E-state index in [9.17, 15) is 24.1 Å². The van der Waals surface area contributed by atoms with Crippen LogP contribution in [0.5, 0.6) is 0 Å². The largest absolute Gasteiger partial charge is 0.332 e. The number of nitrogens with zero attached hydrogens (tertiary/aromatic N) is 2. The lowest BCUT2D eigenvalue weighted by Crippen LogP contribution is -2.35. The second kappa shape index (κ2) is 8.26. The number of anilines is 1. The summed E-state index contributed by atoms with van der Waals surface area (Å²) >= 11 is 3.33. The number of rotatable bonds is 5. The molecule has 0 spiro atoms. The summed E-state index contributed by atoms with van der Waals surface area (Å²) in [7, 11) is 1.36. The van der Waals surface area contributed by atoms with Crippen molar-refractivity contribution in [2.75, 3.05) is 18.9 Å². The zero-order chi connectivity index (χ0) is 20.3. The fraction of sp³-hybridized carbons (Fsp3) is 0.222. The number of carbonyl (C=O) groups is 2. The maximum absolute atomic E-state index is 13.9. The Morgan fingerprint density at radius 3 is 2.52 bits per heavy atom. The zero-order valence-electron chi connectivity index (χ0n) is 14.9. The van der Waals surface area contributed by atoms with E-state index in [2.05, 4.69) is 21.2 Å². The number of nitro groups is 1. The van der Waals surface area contributed by atoms with E-state index in [-0.39, 0.29) is 17.7 Å². The van der Waals surface area contributed by atoms with Gasteiger partial charge in [-0.2, -0.15) is 0 Å². The van der Waals surface area contributed by atoms with Gasteiger partial charge in [-0.25, -0.2) is 4.39 Å². The first-order valence-electron chi connectivity index (χ1n) is 7.86. The van der Waals surface area contributed by atoms with Gasteiger partial charge in [-0.1, -0.05) is 15.9 Å². The molecule has 0 aliphatic rings. The second-order valence-corrected chi connectivity index (χ2v) is 6.94. The number of nitro benzene ring substituents is 1. The molecule has 9 heteroatoms. The molecular weight excluding hydrogens is 421 g/mol. The molecule has 27 heavy (non-hydrogen) atoms. The molecular formula is C18H17BrFN3O4. The van der Waals surface area contributed by atoms with Crippen LogP contribution in [0.25, 0.3) is 0 Å². The van der Waals surface area contributed by atoms with E-state index >= 15 is 0 Å². The van der Waals surface area contributed by atoms with E-state index in [1.165, 1.54) is 14.0 Å². The van der Waals surface area contributed by atoms with Crippen molar-refractivity contribution in [1.29, 1.82) is 0 Å². The van der Waals surface area contributed by atoms with Gasteiger partial charge in [-0.15, -0.1) is 0 Å². The summed E-state index contributed by atoms with van der Waals surface area (Å²) in [6.07, 6.45) is 0. The molecule has 0 heterocycles. The van der Waals surface area contributed by atoms with Gasteiger partial charge in [-0.3, -0.25) is 19.7 Å². The van der Waals surface area contributed by atoms with Crippen LogP contribution in [0.4, 0.5) is 15.8 Å². The van der Waals surface area contributed by atoms with Crippen LogP contribution in [-0.2, 0) is 4.79 Å². The number of hydrogen-bond donors (Lipinski definition) is 1. The van der Waals surface area contributed by atoms with E-state index in [0.29, 0.717) is 5.69 Å². The van der Waals surface area contributed by atoms with Crippen LogP contribution in [-0.4, -0.2) is 35.2 Å². The molecule has 2 amide bonds. The predicted molar refractivity (Wildman–Crippen MR) is 102 cm³/mol. The molecule has 0 atom stereocenters. The minimum absolute atomic E-state index is 0.150. The van der Waals surface area contributed by atoms with Crippen LogP contribution in [0.3, 0.4) is 0 Å². The summed E-state index contributed by atoms with van der Waals surface area (Å²) in [6.45, 7) is 2.79. The zero-order valence-corrected chi connectivity index (χ0v) is 16.5. The Bertz CT molecular complexity index is 933. The smallest absolute Gasteiger partial charge is 0.276 e. The third kappa shape index (κ3) is 4.88. The summed E-state index contributed by atoms with van der Waals surface area (Å²) in [5.41, 5.74) is 0.605. The standard InChI is InChI=1S/C18H17BrFN3O4/c1-10-6-13(19)4-5-15(10)21-17(24)9-22(3)18(25)12-7-14(20)11(2)16(8-12)23(26)27/h4-8H,9H2,1-3H3,(H,21,24). The molecule has 142 valence electrons. The Kier molecular flexibility index (Phi) is 6.27. The molecule has 2 aromatic carbocycles. The molecule has 2 rings (SSSR count). The molecule has 0 aromatic heterocycles. The van der Waals surface area contributed by atoms with Gasteiger partial charge in [0.05, 0.1) is 17.0 Å². The van der Waals surface area contributed by atoms with Gasteiger partial charge in [0.2, 0.25) is 5.91 Å². The Balaban J connectivity index is 2.13. The van der Waals surface area contributed by atoms with Crippen molar-refractivity contribution in [1.82, 2.24) is 4.90 Å². The first-order valence-corrected chi connectivity index (χ1v) is 8.65. The van der Waals surface area contributed by atoms with Crippen molar-refractivity contribution in [2.45, 2.75) is 13.8 Å². The predicted octanol–water partition coefficient (Wildman–Crippen LogP) is 3.82. The highest BCUT2D eigenvalue weighted by Crippen LogP contribution is 2.24. The summed E-state index contributed by atoms with van der Waals surface area (Å²) in [6, 6.07) is 7.26. The second-order valence-electron chi connectivity index (χ2n) is 6.03. The Morgan fingerprint density at radius 1 is 1.26 bits per heavy atom. The fourth-order valence-electron chi connectivity index (χ4n) is 2.44. The minimum atomic E-state index is -0.851. The number of likely N-dealkylation sites (N-methyl/N-ethyl adjacent to an activating group) is 1. The van der Waals surface area contributed by atoms with Crippen LogP contribution in [0.15, 0.2) is 34.8 Å². The van der Waals surface area contributed by atoms with Crippen molar-refractivity contribution in [3.8, 4) is 0 Å². The van der Waals surface area contributed by atoms with Crippen LogP contribution < -0.4 is 5.32 Å². The fourth-order valence-corrected chi connectivity index (χ4v) is 2.92. The number of halogens is 2. The van der Waals surface area contributed by atoms with E-state index in [1.54, 1.807) is 12.1 Å². The summed E-state index contributed by atoms with van der Waals surface area (Å²) in [5.74, 6) is -1.99. The van der Waals surface area contributed by atoms with Crippen LogP contribution in [0.1, 0.15) is 21.5 Å². The minimum Gasteiger partial charge on any atom is -0.332 e. The topological polar surface area (TPSA) is 92.6 Å². The lowest BCUT2D eigenvalue weighted by atomic mass is 10.1. The lowest BCUT2D eigenvalue weighted by molar-refractivity contribution is -0.385. The van der Waals surface area contributed by atoms with E-state index in [4.69, 9.17) is 0 Å². The first kappa shape index (κ1) is 20.5. The highest BCUT2D eigenvalue weighted by Gasteiger charge is 2.22. The number of hydrogen-bond acceptors (Lipinski definition) is 4. The van der Waals surface area contributed by atoms with Gasteiger partial charge in [0, 0.05) is 28.8 Å². The van der Waals surface area contributed by atoms with Crippen molar-refractivity contribution < 1.29 is 18.9 Å². The summed E-state index contributed by atoms with van der Waals surface area (Å²) in [5, 5.41) is 13.7. The molecule has 0 bridgehead atoms. The third-order valence-electron chi connectivity index (χ3n) is 3.95. The first-order chi connectivity index (χ1) is 12.6.